The summed E-state index contributed by atoms with van der Waals surface area (Å²) in [6, 6.07) is 13.5. The first-order valence-electron chi connectivity index (χ1n) is 6.75. The Balaban J connectivity index is 1.71. The van der Waals surface area contributed by atoms with E-state index in [1.807, 2.05) is 49.4 Å². The number of hydrogen-bond acceptors (Lipinski definition) is 4. The number of hydrogen-bond donors (Lipinski definition) is 2. The van der Waals surface area contributed by atoms with Gasteiger partial charge in [0.15, 0.2) is 0 Å². The molecule has 2 unspecified atom stereocenters. The predicted octanol–water partition coefficient (Wildman–Crippen LogP) is 2.17. The third-order valence-electron chi connectivity index (χ3n) is 2.98. The van der Waals surface area contributed by atoms with Crippen molar-refractivity contribution >= 4 is 0 Å². The van der Waals surface area contributed by atoms with Crippen LogP contribution in [0.15, 0.2) is 54.9 Å². The van der Waals surface area contributed by atoms with Gasteiger partial charge < -0.3 is 15.2 Å². The molecule has 0 fully saturated rings. The Hall–Kier alpha value is -1.91. The number of benzene rings is 1. The van der Waals surface area contributed by atoms with Crippen molar-refractivity contribution in [2.75, 3.05) is 13.2 Å². The summed E-state index contributed by atoms with van der Waals surface area (Å²) in [5.74, 6) is 0.754. The lowest BCUT2D eigenvalue weighted by molar-refractivity contribution is 0.163. The average molecular weight is 272 g/mol. The van der Waals surface area contributed by atoms with Gasteiger partial charge in [0.05, 0.1) is 12.3 Å². The lowest BCUT2D eigenvalue weighted by Gasteiger charge is -2.17. The molecule has 1 heterocycles. The molecule has 0 spiro atoms. The summed E-state index contributed by atoms with van der Waals surface area (Å²) in [6.07, 6.45) is 2.90. The lowest BCUT2D eigenvalue weighted by Crippen LogP contribution is -2.34. The Bertz CT molecular complexity index is 490. The molecule has 0 saturated carbocycles. The Labute approximate surface area is 119 Å². The number of nitrogens with one attached hydrogen (secondary N) is 1. The van der Waals surface area contributed by atoms with Crippen molar-refractivity contribution in [3.05, 3.63) is 60.4 Å². The van der Waals surface area contributed by atoms with Crippen molar-refractivity contribution in [3.63, 3.8) is 0 Å². The van der Waals surface area contributed by atoms with Gasteiger partial charge in [-0.25, -0.2) is 0 Å². The van der Waals surface area contributed by atoms with E-state index in [9.17, 15) is 5.11 Å². The molecule has 1 aromatic carbocycles. The second-order valence-electron chi connectivity index (χ2n) is 4.74. The molecule has 0 amide bonds. The molecule has 20 heavy (non-hydrogen) atoms. The first-order valence-corrected chi connectivity index (χ1v) is 6.75. The number of ether oxygens (including phenoxy) is 1. The molecule has 0 saturated heterocycles. The first kappa shape index (κ1) is 14.5. The number of aromatic nitrogens is 1. The summed E-state index contributed by atoms with van der Waals surface area (Å²) >= 11 is 0. The third kappa shape index (κ3) is 4.64. The maximum Gasteiger partial charge on any atom is 0.137 e. The molecule has 106 valence electrons. The molecule has 0 radical (unpaired) electrons. The molecule has 1 aromatic heterocycles. The van der Waals surface area contributed by atoms with Crippen LogP contribution in [0.25, 0.3) is 0 Å². The molecule has 0 aliphatic heterocycles. The van der Waals surface area contributed by atoms with Gasteiger partial charge in [-0.05, 0) is 24.6 Å². The summed E-state index contributed by atoms with van der Waals surface area (Å²) < 4.78 is 5.60. The minimum absolute atomic E-state index is 0.147. The normalized spacial score (nSPS) is 13.7. The van der Waals surface area contributed by atoms with Gasteiger partial charge in [0.2, 0.25) is 0 Å². The van der Waals surface area contributed by atoms with Crippen LogP contribution >= 0.6 is 0 Å². The molecule has 2 N–H and O–H groups in total. The molecule has 2 atom stereocenters. The third-order valence-corrected chi connectivity index (χ3v) is 2.98. The maximum absolute atomic E-state index is 10.0. The van der Waals surface area contributed by atoms with Gasteiger partial charge in [0.25, 0.3) is 0 Å². The number of aliphatic hydroxyl groups excluding tert-OH is 1. The highest BCUT2D eigenvalue weighted by molar-refractivity contribution is 5.17. The molecule has 0 aliphatic carbocycles. The monoisotopic (exact) mass is 272 g/mol. The second kappa shape index (κ2) is 7.62. The van der Waals surface area contributed by atoms with Crippen molar-refractivity contribution in [1.29, 1.82) is 0 Å². The SMILES string of the molecule is CC(COc1cccnc1)NCC(O)c1ccccc1. The number of pyridine rings is 1. The largest absolute Gasteiger partial charge is 0.490 e. The van der Waals surface area contributed by atoms with Crippen molar-refractivity contribution < 1.29 is 9.84 Å². The number of rotatable bonds is 7. The highest BCUT2D eigenvalue weighted by atomic mass is 16.5. The van der Waals surface area contributed by atoms with E-state index >= 15 is 0 Å². The minimum atomic E-state index is -0.503. The maximum atomic E-state index is 10.0. The van der Waals surface area contributed by atoms with Gasteiger partial charge in [0.1, 0.15) is 12.4 Å². The first-order chi connectivity index (χ1) is 9.75. The highest BCUT2D eigenvalue weighted by Crippen LogP contribution is 2.11. The van der Waals surface area contributed by atoms with E-state index in [4.69, 9.17) is 4.74 Å². The molecule has 0 bridgehead atoms. The molecule has 2 rings (SSSR count). The predicted molar refractivity (Wildman–Crippen MR) is 78.6 cm³/mol. The smallest absolute Gasteiger partial charge is 0.137 e. The standard InChI is InChI=1S/C16H20N2O2/c1-13(12-20-15-8-5-9-17-10-15)18-11-16(19)14-6-3-2-4-7-14/h2-10,13,16,18-19H,11-12H2,1H3. The van der Waals surface area contributed by atoms with Crippen LogP contribution in [0.1, 0.15) is 18.6 Å². The van der Waals surface area contributed by atoms with E-state index in [1.54, 1.807) is 12.4 Å². The van der Waals surface area contributed by atoms with Gasteiger partial charge in [-0.15, -0.1) is 0 Å². The molecular formula is C16H20N2O2. The van der Waals surface area contributed by atoms with Gasteiger partial charge in [-0.3, -0.25) is 4.98 Å². The molecule has 2 aromatic rings. The van der Waals surface area contributed by atoms with Crippen LogP contribution in [-0.2, 0) is 0 Å². The van der Waals surface area contributed by atoms with Crippen molar-refractivity contribution in [3.8, 4) is 5.75 Å². The van der Waals surface area contributed by atoms with Crippen LogP contribution in [0.4, 0.5) is 0 Å². The zero-order chi connectivity index (χ0) is 14.2. The Morgan fingerprint density at radius 2 is 2.00 bits per heavy atom. The van der Waals surface area contributed by atoms with Gasteiger partial charge in [0, 0.05) is 18.8 Å². The zero-order valence-corrected chi connectivity index (χ0v) is 11.6. The van der Waals surface area contributed by atoms with Crippen LogP contribution in [0.2, 0.25) is 0 Å². The van der Waals surface area contributed by atoms with Gasteiger partial charge in [-0.2, -0.15) is 0 Å². The van der Waals surface area contributed by atoms with E-state index in [-0.39, 0.29) is 6.04 Å². The minimum Gasteiger partial charge on any atom is -0.490 e. The fraction of sp³-hybridized carbons (Fsp3) is 0.312. The highest BCUT2D eigenvalue weighted by Gasteiger charge is 2.09. The van der Waals surface area contributed by atoms with Gasteiger partial charge in [-0.1, -0.05) is 30.3 Å². The van der Waals surface area contributed by atoms with E-state index < -0.39 is 6.10 Å². The van der Waals surface area contributed by atoms with Crippen LogP contribution < -0.4 is 10.1 Å². The number of nitrogens with zero attached hydrogens (tertiary/aromatic N) is 1. The molecular weight excluding hydrogens is 252 g/mol. The summed E-state index contributed by atoms with van der Waals surface area (Å²) in [5.41, 5.74) is 0.917. The molecule has 0 aliphatic rings. The summed E-state index contributed by atoms with van der Waals surface area (Å²) in [4.78, 5) is 3.99. The summed E-state index contributed by atoms with van der Waals surface area (Å²) in [5, 5.41) is 13.3. The second-order valence-corrected chi connectivity index (χ2v) is 4.74. The van der Waals surface area contributed by atoms with E-state index in [2.05, 4.69) is 10.3 Å². The summed E-state index contributed by atoms with van der Waals surface area (Å²) in [6.45, 7) is 3.06. The fourth-order valence-corrected chi connectivity index (χ4v) is 1.82. The Morgan fingerprint density at radius 3 is 2.70 bits per heavy atom. The lowest BCUT2D eigenvalue weighted by atomic mass is 10.1. The van der Waals surface area contributed by atoms with Crippen molar-refractivity contribution in [2.45, 2.75) is 19.1 Å². The van der Waals surface area contributed by atoms with Crippen LogP contribution in [0, 0.1) is 0 Å². The zero-order valence-electron chi connectivity index (χ0n) is 11.6. The quantitative estimate of drug-likeness (QED) is 0.811. The number of aliphatic hydroxyl groups is 1. The Kier molecular flexibility index (Phi) is 5.53. The topological polar surface area (TPSA) is 54.4 Å². The molecule has 4 heteroatoms. The van der Waals surface area contributed by atoms with Crippen LogP contribution in [0.5, 0.6) is 5.75 Å². The van der Waals surface area contributed by atoms with E-state index in [1.165, 1.54) is 0 Å². The van der Waals surface area contributed by atoms with Crippen molar-refractivity contribution in [1.82, 2.24) is 10.3 Å². The average Bonchev–Trinajstić information content (AvgIpc) is 2.52. The Morgan fingerprint density at radius 1 is 1.20 bits per heavy atom. The van der Waals surface area contributed by atoms with Gasteiger partial charge >= 0.3 is 0 Å². The van der Waals surface area contributed by atoms with E-state index in [0.717, 1.165) is 11.3 Å². The van der Waals surface area contributed by atoms with Crippen molar-refractivity contribution in [2.24, 2.45) is 0 Å². The summed E-state index contributed by atoms with van der Waals surface area (Å²) in [7, 11) is 0. The molecule has 4 nitrogen and oxygen atoms in total. The van der Waals surface area contributed by atoms with Crippen LogP contribution in [-0.4, -0.2) is 29.3 Å². The fourth-order valence-electron chi connectivity index (χ4n) is 1.82. The van der Waals surface area contributed by atoms with Crippen LogP contribution in [0.3, 0.4) is 0 Å². The van der Waals surface area contributed by atoms with E-state index in [0.29, 0.717) is 13.2 Å².